The summed E-state index contributed by atoms with van der Waals surface area (Å²) in [5.74, 6) is 0.909. The number of hydrogen-bond acceptors (Lipinski definition) is 21. The highest BCUT2D eigenvalue weighted by Crippen LogP contribution is 2.57. The fourth-order valence-corrected chi connectivity index (χ4v) is 10.8. The zero-order valence-corrected chi connectivity index (χ0v) is 31.4. The number of aliphatic hydroxyl groups is 8. The van der Waals surface area contributed by atoms with Gasteiger partial charge in [-0.25, -0.2) is 0 Å². The molecule has 5 aliphatic carbocycles. The summed E-state index contributed by atoms with van der Waals surface area (Å²) in [4.78, 5) is 0. The number of hydrogen-bond donors (Lipinski definition) is 14. The third-order valence-electron chi connectivity index (χ3n) is 13.2. The van der Waals surface area contributed by atoms with Crippen molar-refractivity contribution in [1.29, 1.82) is 0 Å². The van der Waals surface area contributed by atoms with Gasteiger partial charge in [-0.2, -0.15) is 0 Å². The Labute approximate surface area is 325 Å². The molecule has 19 N–H and O–H groups in total. The maximum Gasteiger partial charge on any atom is 0.187 e. The summed E-state index contributed by atoms with van der Waals surface area (Å²) in [5, 5.41) is 88.7. The van der Waals surface area contributed by atoms with E-state index in [0.29, 0.717) is 24.8 Å². The first-order valence-corrected chi connectivity index (χ1v) is 20.0. The Balaban J connectivity index is 1.11. The van der Waals surface area contributed by atoms with E-state index >= 15 is 0 Å². The minimum Gasteiger partial charge on any atom is -0.394 e. The van der Waals surface area contributed by atoms with Gasteiger partial charge in [-0.15, -0.1) is 0 Å². The lowest BCUT2D eigenvalue weighted by molar-refractivity contribution is -0.312. The molecule has 8 fully saturated rings. The molecule has 8 rings (SSSR count). The fourth-order valence-electron chi connectivity index (χ4n) is 10.8. The smallest absolute Gasteiger partial charge is 0.187 e. The Bertz CT molecular complexity index is 1300. The van der Waals surface area contributed by atoms with E-state index in [9.17, 15) is 40.9 Å². The van der Waals surface area contributed by atoms with Gasteiger partial charge in [-0.05, 0) is 56.8 Å². The lowest BCUT2D eigenvalue weighted by Gasteiger charge is -2.60. The minimum atomic E-state index is -1.53. The molecular formula is C35H64N6O15. The van der Waals surface area contributed by atoms with Crippen molar-refractivity contribution in [3.8, 4) is 0 Å². The summed E-state index contributed by atoms with van der Waals surface area (Å²) in [6.07, 6.45) is -14.2. The molecule has 0 aromatic heterocycles. The Morgan fingerprint density at radius 1 is 0.607 bits per heavy atom. The van der Waals surface area contributed by atoms with Gasteiger partial charge in [0.05, 0.1) is 43.6 Å². The Morgan fingerprint density at radius 3 is 1.75 bits per heavy atom. The minimum absolute atomic E-state index is 0.0797. The van der Waals surface area contributed by atoms with Crippen molar-refractivity contribution >= 4 is 0 Å². The molecule has 3 aliphatic heterocycles. The molecule has 0 spiro atoms. The van der Waals surface area contributed by atoms with Gasteiger partial charge in [0.15, 0.2) is 18.9 Å². The van der Waals surface area contributed by atoms with Crippen LogP contribution in [0.2, 0.25) is 0 Å². The number of nitrogens with one attached hydrogen (secondary N) is 1. The zero-order valence-electron chi connectivity index (χ0n) is 31.4. The first-order chi connectivity index (χ1) is 26.6. The van der Waals surface area contributed by atoms with E-state index in [1.807, 2.05) is 0 Å². The van der Waals surface area contributed by atoms with Crippen LogP contribution in [-0.2, 0) is 33.2 Å². The average Bonchev–Trinajstić information content (AvgIpc) is 3.47. The molecular weight excluding hydrogens is 744 g/mol. The average molecular weight is 809 g/mol. The fraction of sp³-hybridized carbons (Fsp3) is 1.00. The molecule has 0 aromatic carbocycles. The zero-order chi connectivity index (χ0) is 40.3. The highest BCUT2D eigenvalue weighted by molar-refractivity contribution is 5.12. The summed E-state index contributed by atoms with van der Waals surface area (Å²) in [6.45, 7) is -0.941. The Kier molecular flexibility index (Phi) is 13.3. The van der Waals surface area contributed by atoms with E-state index in [4.69, 9.17) is 61.8 Å². The molecule has 5 saturated carbocycles. The van der Waals surface area contributed by atoms with E-state index in [0.717, 1.165) is 32.1 Å². The van der Waals surface area contributed by atoms with Gasteiger partial charge in [0.1, 0.15) is 67.1 Å². The molecule has 3 heterocycles. The third-order valence-corrected chi connectivity index (χ3v) is 13.2. The number of ether oxygens (including phenoxy) is 7. The molecule has 324 valence electrons. The molecule has 21 nitrogen and oxygen atoms in total. The second-order valence-electron chi connectivity index (χ2n) is 17.4. The molecule has 21 heteroatoms. The van der Waals surface area contributed by atoms with Gasteiger partial charge in [-0.1, -0.05) is 0 Å². The standard InChI is InChI=1S/C35H64N6O15/c36-9-17-23(45)25(47)20(39)31(51-17)55-28-19(11-43)53-33(30(28)50-2-1-41-34-5-13-3-14(6-34)8-35(49,7-13)12-34)56-29-22(44)15(37)4-16(38)27(29)54-32-21(40)26(48)24(46)18(10-42)52-32/h13-33,41-49H,1-12,36-40H2/t13-,14+,15-,16+,17+,18-,19-,20-,21-,22+,23-,24-,25-,26-,27-,28-,29-,30-,31-,32-,33+,34?,35?/m1/s1. The van der Waals surface area contributed by atoms with Crippen LogP contribution in [0.3, 0.4) is 0 Å². The van der Waals surface area contributed by atoms with Crippen LogP contribution in [0.15, 0.2) is 0 Å². The second-order valence-corrected chi connectivity index (χ2v) is 17.4. The van der Waals surface area contributed by atoms with Gasteiger partial charge in [0.25, 0.3) is 0 Å². The summed E-state index contributed by atoms with van der Waals surface area (Å²) in [6, 6.07) is -4.27. The predicted molar refractivity (Wildman–Crippen MR) is 190 cm³/mol. The summed E-state index contributed by atoms with van der Waals surface area (Å²) in [5.41, 5.74) is 30.1. The van der Waals surface area contributed by atoms with Crippen molar-refractivity contribution in [3.05, 3.63) is 0 Å². The van der Waals surface area contributed by atoms with Crippen LogP contribution in [-0.4, -0.2) is 201 Å². The van der Waals surface area contributed by atoms with E-state index < -0.39 is 135 Å². The molecule has 3 saturated heterocycles. The van der Waals surface area contributed by atoms with Crippen molar-refractivity contribution in [2.24, 2.45) is 40.5 Å². The summed E-state index contributed by atoms with van der Waals surface area (Å²) >= 11 is 0. The van der Waals surface area contributed by atoms with Gasteiger partial charge in [0.2, 0.25) is 0 Å². The lowest BCUT2D eigenvalue weighted by Crippen LogP contribution is -2.68. The monoisotopic (exact) mass is 808 g/mol. The highest BCUT2D eigenvalue weighted by Gasteiger charge is 2.58. The SMILES string of the molecule is NC[C@@H]1O[C@H](O[C@H]2[C@@H](OCCNC34C[C@@H]5C[C@@H](CC(O)(C5)C3)C4)[C@H](O[C@@H]3[C@@H](O)[C@H](N)C[C@H](N)[C@H]3O[C@H]3O[C@H](CO)[C@@H](O)[C@H](O)[C@H]3N)O[C@@H]2CO)[C@H](N)[C@@H](O)[C@@H]1O. The van der Waals surface area contributed by atoms with Gasteiger partial charge in [-0.3, -0.25) is 0 Å². The van der Waals surface area contributed by atoms with E-state index in [1.54, 1.807) is 0 Å². The topological polar surface area (TPSA) is 369 Å². The molecule has 2 unspecified atom stereocenters. The van der Waals surface area contributed by atoms with Gasteiger partial charge < -0.3 is 108 Å². The molecule has 0 radical (unpaired) electrons. The molecule has 4 bridgehead atoms. The van der Waals surface area contributed by atoms with E-state index in [2.05, 4.69) is 5.32 Å². The van der Waals surface area contributed by atoms with Crippen molar-refractivity contribution in [2.75, 3.05) is 32.9 Å². The first kappa shape index (κ1) is 43.3. The Morgan fingerprint density at radius 2 is 1.16 bits per heavy atom. The molecule has 23 atom stereocenters. The van der Waals surface area contributed by atoms with Crippen molar-refractivity contribution in [2.45, 2.75) is 172 Å². The van der Waals surface area contributed by atoms with E-state index in [-0.39, 0.29) is 25.1 Å². The summed E-state index contributed by atoms with van der Waals surface area (Å²) in [7, 11) is 0. The number of nitrogens with two attached hydrogens (primary N) is 5. The van der Waals surface area contributed by atoms with Gasteiger partial charge in [0, 0.05) is 30.7 Å². The normalized spacial score (nSPS) is 54.5. The quantitative estimate of drug-likeness (QED) is 0.0725. The van der Waals surface area contributed by atoms with Crippen LogP contribution in [0.1, 0.15) is 44.9 Å². The largest absolute Gasteiger partial charge is 0.394 e. The van der Waals surface area contributed by atoms with Crippen LogP contribution < -0.4 is 34.0 Å². The maximum absolute atomic E-state index is 11.4. The van der Waals surface area contributed by atoms with Crippen LogP contribution in [0, 0.1) is 11.8 Å². The van der Waals surface area contributed by atoms with Crippen molar-refractivity contribution in [3.63, 3.8) is 0 Å². The van der Waals surface area contributed by atoms with Crippen LogP contribution in [0.25, 0.3) is 0 Å². The van der Waals surface area contributed by atoms with Crippen molar-refractivity contribution < 1.29 is 74.0 Å². The van der Waals surface area contributed by atoms with Crippen LogP contribution >= 0.6 is 0 Å². The number of rotatable bonds is 14. The third kappa shape index (κ3) is 8.41. The molecule has 56 heavy (non-hydrogen) atoms. The van der Waals surface area contributed by atoms with Crippen molar-refractivity contribution in [1.82, 2.24) is 5.32 Å². The highest BCUT2D eigenvalue weighted by atomic mass is 16.8. The molecule has 0 aromatic rings. The van der Waals surface area contributed by atoms with E-state index in [1.165, 1.54) is 0 Å². The molecule has 8 aliphatic rings. The van der Waals surface area contributed by atoms with Crippen LogP contribution in [0.5, 0.6) is 0 Å². The second kappa shape index (κ2) is 17.3. The number of aliphatic hydroxyl groups excluding tert-OH is 7. The predicted octanol–water partition coefficient (Wildman–Crippen LogP) is -7.16. The Hall–Kier alpha value is -0.840. The van der Waals surface area contributed by atoms with Crippen LogP contribution in [0.4, 0.5) is 0 Å². The maximum atomic E-state index is 11.4. The lowest BCUT2D eigenvalue weighted by atomic mass is 9.51. The summed E-state index contributed by atoms with van der Waals surface area (Å²) < 4.78 is 43.1. The van der Waals surface area contributed by atoms with Gasteiger partial charge >= 0.3 is 0 Å². The first-order valence-electron chi connectivity index (χ1n) is 20.0. The molecule has 0 amide bonds.